The van der Waals surface area contributed by atoms with Crippen molar-refractivity contribution in [2.24, 2.45) is 5.92 Å². The maximum Gasteiger partial charge on any atom is 0.222 e. The molecule has 1 saturated heterocycles. The Bertz CT molecular complexity index is 555. The van der Waals surface area contributed by atoms with Crippen LogP contribution in [0.5, 0.6) is 0 Å². The molecule has 0 aliphatic carbocycles. The Labute approximate surface area is 145 Å². The van der Waals surface area contributed by atoms with Crippen molar-refractivity contribution in [3.8, 4) is 0 Å². The number of hydrogen-bond donors (Lipinski definition) is 2. The highest BCUT2D eigenvalue weighted by atomic mass is 16.3. The minimum atomic E-state index is 0.108. The summed E-state index contributed by atoms with van der Waals surface area (Å²) in [4.78, 5) is 14.0. The molecule has 6 heteroatoms. The van der Waals surface area contributed by atoms with E-state index >= 15 is 0 Å². The Kier molecular flexibility index (Phi) is 6.80. The summed E-state index contributed by atoms with van der Waals surface area (Å²) >= 11 is 0. The summed E-state index contributed by atoms with van der Waals surface area (Å²) < 4.78 is 1.88. The van der Waals surface area contributed by atoms with Crippen LogP contribution in [0.2, 0.25) is 0 Å². The fraction of sp³-hybridized carbons (Fsp3) is 0.778. The van der Waals surface area contributed by atoms with Gasteiger partial charge in [-0.25, -0.2) is 0 Å². The molecule has 1 aliphatic rings. The molecule has 1 aromatic rings. The first-order chi connectivity index (χ1) is 11.5. The fourth-order valence-electron chi connectivity index (χ4n) is 3.70. The Morgan fingerprint density at radius 1 is 1.38 bits per heavy atom. The summed E-state index contributed by atoms with van der Waals surface area (Å²) in [6.45, 7) is 11.4. The number of aliphatic hydroxyl groups excluding tert-OH is 1. The number of carbonyl (C=O) groups excluding carboxylic acids is 1. The lowest BCUT2D eigenvalue weighted by atomic mass is 9.89. The van der Waals surface area contributed by atoms with Gasteiger partial charge in [0.25, 0.3) is 0 Å². The normalized spacial score (nSPS) is 21.3. The smallest absolute Gasteiger partial charge is 0.222 e. The molecule has 6 nitrogen and oxygen atoms in total. The molecule has 2 heterocycles. The second-order valence-corrected chi connectivity index (χ2v) is 6.73. The number of nitrogens with one attached hydrogen (secondary N) is 1. The van der Waals surface area contributed by atoms with Crippen molar-refractivity contribution in [1.82, 2.24) is 20.0 Å². The molecule has 1 aliphatic heterocycles. The molecule has 0 aromatic carbocycles. The van der Waals surface area contributed by atoms with E-state index in [9.17, 15) is 4.79 Å². The Hall–Kier alpha value is -1.40. The molecule has 24 heavy (non-hydrogen) atoms. The number of aromatic nitrogens is 2. The van der Waals surface area contributed by atoms with Crippen molar-refractivity contribution in [3.63, 3.8) is 0 Å². The van der Waals surface area contributed by atoms with Crippen LogP contribution < -0.4 is 5.32 Å². The number of piperidine rings is 1. The van der Waals surface area contributed by atoms with Crippen molar-refractivity contribution in [2.45, 2.75) is 66.1 Å². The largest absolute Gasteiger partial charge is 0.394 e. The zero-order valence-electron chi connectivity index (χ0n) is 15.5. The minimum Gasteiger partial charge on any atom is -0.394 e. The van der Waals surface area contributed by atoms with Crippen LogP contribution in [0.4, 0.5) is 0 Å². The van der Waals surface area contributed by atoms with E-state index in [1.165, 1.54) is 5.56 Å². The fourth-order valence-corrected chi connectivity index (χ4v) is 3.70. The molecule has 1 fully saturated rings. The van der Waals surface area contributed by atoms with Gasteiger partial charge >= 0.3 is 0 Å². The van der Waals surface area contributed by atoms with Crippen LogP contribution in [-0.2, 0) is 17.9 Å². The number of aryl methyl sites for hydroxylation is 1. The number of likely N-dealkylation sites (tertiary alicyclic amines) is 1. The Balaban J connectivity index is 1.98. The van der Waals surface area contributed by atoms with Gasteiger partial charge in [-0.05, 0) is 26.2 Å². The van der Waals surface area contributed by atoms with Gasteiger partial charge in [0.1, 0.15) is 0 Å². The number of amides is 1. The molecule has 2 N–H and O–H groups in total. The molecule has 136 valence electrons. The number of rotatable bonds is 7. The van der Waals surface area contributed by atoms with Gasteiger partial charge in [0, 0.05) is 43.4 Å². The Morgan fingerprint density at radius 2 is 2.12 bits per heavy atom. The number of nitrogens with zero attached hydrogens (tertiary/aromatic N) is 3. The summed E-state index contributed by atoms with van der Waals surface area (Å²) in [5.74, 6) is 0.770. The lowest BCUT2D eigenvalue weighted by Crippen LogP contribution is -2.50. The number of carbonyl (C=O) groups is 1. The van der Waals surface area contributed by atoms with Gasteiger partial charge in [0.15, 0.2) is 0 Å². The zero-order valence-corrected chi connectivity index (χ0v) is 15.5. The highest BCUT2D eigenvalue weighted by Crippen LogP contribution is 2.22. The molecule has 2 rings (SSSR count). The van der Waals surface area contributed by atoms with Gasteiger partial charge in [0.2, 0.25) is 5.91 Å². The molecule has 1 amide bonds. The lowest BCUT2D eigenvalue weighted by molar-refractivity contribution is -0.133. The topological polar surface area (TPSA) is 70.4 Å². The van der Waals surface area contributed by atoms with Crippen molar-refractivity contribution in [2.75, 3.05) is 19.7 Å². The van der Waals surface area contributed by atoms with Gasteiger partial charge in [-0.15, -0.1) is 0 Å². The third-order valence-electron chi connectivity index (χ3n) is 5.30. The summed E-state index contributed by atoms with van der Waals surface area (Å²) in [5, 5.41) is 17.3. The average Bonchev–Trinajstić information content (AvgIpc) is 2.86. The van der Waals surface area contributed by atoms with Gasteiger partial charge in [-0.3, -0.25) is 9.48 Å². The van der Waals surface area contributed by atoms with E-state index in [2.05, 4.69) is 24.3 Å². The lowest BCUT2D eigenvalue weighted by Gasteiger charge is -2.38. The molecule has 0 unspecified atom stereocenters. The van der Waals surface area contributed by atoms with Crippen molar-refractivity contribution in [1.29, 1.82) is 0 Å². The first-order valence-electron chi connectivity index (χ1n) is 9.16. The van der Waals surface area contributed by atoms with Gasteiger partial charge in [-0.1, -0.05) is 20.3 Å². The molecule has 0 bridgehead atoms. The molecular formula is C18H32N4O2. The van der Waals surface area contributed by atoms with Crippen LogP contribution >= 0.6 is 0 Å². The van der Waals surface area contributed by atoms with Gasteiger partial charge in [-0.2, -0.15) is 5.10 Å². The quantitative estimate of drug-likeness (QED) is 0.794. The zero-order chi connectivity index (χ0) is 17.7. The molecular weight excluding hydrogens is 304 g/mol. The van der Waals surface area contributed by atoms with E-state index < -0.39 is 0 Å². The second kappa shape index (κ2) is 8.62. The second-order valence-electron chi connectivity index (χ2n) is 6.73. The number of aliphatic hydroxyl groups is 1. The highest BCUT2D eigenvalue weighted by Gasteiger charge is 2.29. The third-order valence-corrected chi connectivity index (χ3v) is 5.30. The van der Waals surface area contributed by atoms with Crippen molar-refractivity contribution < 1.29 is 9.90 Å². The van der Waals surface area contributed by atoms with Crippen molar-refractivity contribution in [3.05, 3.63) is 17.0 Å². The van der Waals surface area contributed by atoms with E-state index in [4.69, 9.17) is 5.11 Å². The first-order valence-corrected chi connectivity index (χ1v) is 9.16. The molecule has 2 atom stereocenters. The maximum atomic E-state index is 11.9. The van der Waals surface area contributed by atoms with Gasteiger partial charge in [0.05, 0.1) is 18.8 Å². The van der Waals surface area contributed by atoms with Crippen LogP contribution in [0.25, 0.3) is 0 Å². The van der Waals surface area contributed by atoms with Crippen LogP contribution in [0.1, 0.15) is 50.1 Å². The molecule has 0 radical (unpaired) electrons. The summed E-state index contributed by atoms with van der Waals surface area (Å²) in [7, 11) is 0. The van der Waals surface area contributed by atoms with E-state index in [1.54, 1.807) is 0 Å². The predicted molar refractivity (Wildman–Crippen MR) is 94.7 cm³/mol. The average molecular weight is 336 g/mol. The molecule has 0 saturated carbocycles. The monoisotopic (exact) mass is 336 g/mol. The summed E-state index contributed by atoms with van der Waals surface area (Å²) in [6, 6.07) is 0.441. The molecule has 1 aromatic heterocycles. The Morgan fingerprint density at radius 3 is 2.75 bits per heavy atom. The van der Waals surface area contributed by atoms with Crippen LogP contribution in [0.3, 0.4) is 0 Å². The summed E-state index contributed by atoms with van der Waals surface area (Å²) in [5.41, 5.74) is 3.38. The maximum absolute atomic E-state index is 11.9. The van der Waals surface area contributed by atoms with E-state index in [0.717, 1.165) is 43.9 Å². The van der Waals surface area contributed by atoms with Crippen LogP contribution in [-0.4, -0.2) is 51.4 Å². The third kappa shape index (κ3) is 4.16. The standard InChI is InChI=1S/C18H32N4O2/c1-5-15-12-21(18(24)6-2)8-7-17(15)19-11-16-13(3)20-22(9-10-23)14(16)4/h15,17,19,23H,5-12H2,1-4H3/t15-,17+/m0/s1. The van der Waals surface area contributed by atoms with E-state index in [1.807, 2.05) is 23.4 Å². The molecule has 0 spiro atoms. The van der Waals surface area contributed by atoms with Gasteiger partial charge < -0.3 is 15.3 Å². The summed E-state index contributed by atoms with van der Waals surface area (Å²) in [6.07, 6.45) is 2.68. The number of hydrogen-bond acceptors (Lipinski definition) is 4. The minimum absolute atomic E-state index is 0.108. The van der Waals surface area contributed by atoms with Crippen LogP contribution in [0, 0.1) is 19.8 Å². The van der Waals surface area contributed by atoms with E-state index in [-0.39, 0.29) is 12.5 Å². The van der Waals surface area contributed by atoms with E-state index in [0.29, 0.717) is 24.9 Å². The highest BCUT2D eigenvalue weighted by molar-refractivity contribution is 5.75. The van der Waals surface area contributed by atoms with Crippen LogP contribution in [0.15, 0.2) is 0 Å². The predicted octanol–water partition coefficient (Wildman–Crippen LogP) is 1.62. The first kappa shape index (κ1) is 18.9. The SMILES string of the molecule is CCC(=O)N1CC[C@@H](NCc2c(C)nn(CCO)c2C)[C@@H](CC)C1. The van der Waals surface area contributed by atoms with Crippen molar-refractivity contribution >= 4 is 5.91 Å².